The predicted molar refractivity (Wildman–Crippen MR) is 109 cm³/mol. The molecule has 0 radical (unpaired) electrons. The standard InChI is InChI=1S/C22H24N4O3/c1-14-7-9-16(10-8-14)23-22(29)25-17-11-12-26-19(17)20(27)24-18(21(26)28)13-15-5-3-2-4-6-15/h2-10,17-19H,11-13H2,1H3,(H,24,27)(H2,23,25,29). The Hall–Kier alpha value is -3.35. The van der Waals surface area contributed by atoms with Crippen LogP contribution in [0, 0.1) is 6.92 Å². The molecule has 2 aromatic carbocycles. The largest absolute Gasteiger partial charge is 0.342 e. The van der Waals surface area contributed by atoms with Crippen LogP contribution in [-0.2, 0) is 16.0 Å². The van der Waals surface area contributed by atoms with E-state index in [1.54, 1.807) is 4.90 Å². The molecule has 0 aliphatic carbocycles. The Bertz CT molecular complexity index is 913. The third kappa shape index (κ3) is 4.08. The van der Waals surface area contributed by atoms with Crippen LogP contribution < -0.4 is 16.0 Å². The van der Waals surface area contributed by atoms with Crippen LogP contribution in [-0.4, -0.2) is 47.4 Å². The third-order valence-corrected chi connectivity index (χ3v) is 5.47. The van der Waals surface area contributed by atoms with Gasteiger partial charge in [-0.3, -0.25) is 9.59 Å². The molecule has 4 rings (SSSR count). The van der Waals surface area contributed by atoms with E-state index in [-0.39, 0.29) is 17.8 Å². The van der Waals surface area contributed by atoms with Crippen molar-refractivity contribution < 1.29 is 14.4 Å². The molecule has 29 heavy (non-hydrogen) atoms. The summed E-state index contributed by atoms with van der Waals surface area (Å²) in [6.07, 6.45) is 1.00. The molecule has 2 aliphatic heterocycles. The Balaban J connectivity index is 1.39. The first kappa shape index (κ1) is 19.0. The fraction of sp³-hybridized carbons (Fsp3) is 0.318. The molecule has 7 heteroatoms. The monoisotopic (exact) mass is 392 g/mol. The van der Waals surface area contributed by atoms with Gasteiger partial charge in [0, 0.05) is 18.7 Å². The summed E-state index contributed by atoms with van der Waals surface area (Å²) in [6, 6.07) is 15.0. The van der Waals surface area contributed by atoms with Crippen molar-refractivity contribution in [2.45, 2.75) is 37.9 Å². The van der Waals surface area contributed by atoms with Crippen molar-refractivity contribution in [3.05, 3.63) is 65.7 Å². The van der Waals surface area contributed by atoms with E-state index in [1.807, 2.05) is 61.5 Å². The molecule has 0 saturated carbocycles. The maximum atomic E-state index is 12.9. The molecule has 0 aromatic heterocycles. The minimum absolute atomic E-state index is 0.0957. The van der Waals surface area contributed by atoms with Crippen LogP contribution in [0.3, 0.4) is 0 Å². The van der Waals surface area contributed by atoms with Crippen molar-refractivity contribution in [1.29, 1.82) is 0 Å². The number of anilines is 1. The van der Waals surface area contributed by atoms with Gasteiger partial charge in [0.15, 0.2) is 0 Å². The minimum Gasteiger partial charge on any atom is -0.342 e. The van der Waals surface area contributed by atoms with Gasteiger partial charge in [0.25, 0.3) is 0 Å². The lowest BCUT2D eigenvalue weighted by molar-refractivity contribution is -0.147. The van der Waals surface area contributed by atoms with Gasteiger partial charge in [-0.15, -0.1) is 0 Å². The highest BCUT2D eigenvalue weighted by Gasteiger charge is 2.48. The SMILES string of the molecule is Cc1ccc(NC(=O)NC2CCN3C(=O)C(Cc4ccccc4)NC(=O)C23)cc1. The average Bonchev–Trinajstić information content (AvgIpc) is 3.13. The van der Waals surface area contributed by atoms with Crippen LogP contribution in [0.2, 0.25) is 0 Å². The van der Waals surface area contributed by atoms with Gasteiger partial charge in [0.2, 0.25) is 11.8 Å². The molecule has 0 bridgehead atoms. The van der Waals surface area contributed by atoms with Crippen LogP contribution >= 0.6 is 0 Å². The zero-order valence-electron chi connectivity index (χ0n) is 16.2. The predicted octanol–water partition coefficient (Wildman–Crippen LogP) is 1.83. The third-order valence-electron chi connectivity index (χ3n) is 5.47. The first-order valence-electron chi connectivity index (χ1n) is 9.80. The topological polar surface area (TPSA) is 90.5 Å². The molecule has 150 valence electrons. The molecule has 0 spiro atoms. The summed E-state index contributed by atoms with van der Waals surface area (Å²) >= 11 is 0. The van der Waals surface area contributed by atoms with Gasteiger partial charge < -0.3 is 20.9 Å². The van der Waals surface area contributed by atoms with Crippen molar-refractivity contribution in [3.63, 3.8) is 0 Å². The van der Waals surface area contributed by atoms with Crippen LogP contribution in [0.25, 0.3) is 0 Å². The Kier molecular flexibility index (Phi) is 5.20. The number of carbonyl (C=O) groups is 3. The van der Waals surface area contributed by atoms with Gasteiger partial charge in [-0.1, -0.05) is 48.0 Å². The lowest BCUT2D eigenvalue weighted by atomic mass is 9.99. The van der Waals surface area contributed by atoms with Crippen molar-refractivity contribution in [2.24, 2.45) is 0 Å². The maximum absolute atomic E-state index is 12.9. The molecular formula is C22H24N4O3. The second-order valence-electron chi connectivity index (χ2n) is 7.59. The molecule has 2 aliphatic rings. The fourth-order valence-corrected chi connectivity index (χ4v) is 3.99. The van der Waals surface area contributed by atoms with E-state index in [4.69, 9.17) is 0 Å². The number of aryl methyl sites for hydroxylation is 1. The van der Waals surface area contributed by atoms with E-state index in [9.17, 15) is 14.4 Å². The van der Waals surface area contributed by atoms with Crippen LogP contribution in [0.4, 0.5) is 10.5 Å². The van der Waals surface area contributed by atoms with Crippen molar-refractivity contribution in [2.75, 3.05) is 11.9 Å². The van der Waals surface area contributed by atoms with Crippen molar-refractivity contribution in [3.8, 4) is 0 Å². The molecule has 2 aromatic rings. The number of nitrogens with zero attached hydrogens (tertiary/aromatic N) is 1. The smallest absolute Gasteiger partial charge is 0.319 e. The number of amides is 4. The summed E-state index contributed by atoms with van der Waals surface area (Å²) < 4.78 is 0. The second kappa shape index (κ2) is 7.95. The van der Waals surface area contributed by atoms with E-state index in [2.05, 4.69) is 16.0 Å². The van der Waals surface area contributed by atoms with Gasteiger partial charge in [0.1, 0.15) is 12.1 Å². The molecule has 7 nitrogen and oxygen atoms in total. The number of carbonyl (C=O) groups excluding carboxylic acids is 3. The number of nitrogens with one attached hydrogen (secondary N) is 3. The minimum atomic E-state index is -0.668. The van der Waals surface area contributed by atoms with E-state index in [1.165, 1.54) is 0 Å². The molecule has 3 N–H and O–H groups in total. The quantitative estimate of drug-likeness (QED) is 0.741. The summed E-state index contributed by atoms with van der Waals surface area (Å²) in [6.45, 7) is 2.43. The number of hydrogen-bond donors (Lipinski definition) is 3. The maximum Gasteiger partial charge on any atom is 0.319 e. The lowest BCUT2D eigenvalue weighted by Crippen LogP contribution is -2.65. The highest BCUT2D eigenvalue weighted by Crippen LogP contribution is 2.24. The number of rotatable bonds is 4. The number of fused-ring (bicyclic) bond motifs is 1. The van der Waals surface area contributed by atoms with Gasteiger partial charge in [0.05, 0.1) is 6.04 Å². The Morgan fingerprint density at radius 2 is 1.83 bits per heavy atom. The van der Waals surface area contributed by atoms with Gasteiger partial charge >= 0.3 is 6.03 Å². The first-order chi connectivity index (χ1) is 14.0. The normalized spacial score (nSPS) is 23.3. The summed E-state index contributed by atoms with van der Waals surface area (Å²) in [4.78, 5) is 39.6. The zero-order chi connectivity index (χ0) is 20.4. The van der Waals surface area contributed by atoms with E-state index in [0.29, 0.717) is 25.1 Å². The van der Waals surface area contributed by atoms with Gasteiger partial charge in [-0.05, 0) is 31.0 Å². The van der Waals surface area contributed by atoms with Crippen LogP contribution in [0.1, 0.15) is 17.5 Å². The number of urea groups is 1. The Labute approximate surface area is 169 Å². The van der Waals surface area contributed by atoms with Crippen LogP contribution in [0.15, 0.2) is 54.6 Å². The molecule has 3 atom stereocenters. The molecule has 4 amide bonds. The number of hydrogen-bond acceptors (Lipinski definition) is 3. The highest BCUT2D eigenvalue weighted by atomic mass is 16.2. The summed E-state index contributed by atoms with van der Waals surface area (Å²) in [5.74, 6) is -0.314. The molecule has 2 fully saturated rings. The summed E-state index contributed by atoms with van der Waals surface area (Å²) in [5.41, 5.74) is 2.77. The Morgan fingerprint density at radius 3 is 2.55 bits per heavy atom. The highest BCUT2D eigenvalue weighted by molar-refractivity contribution is 5.99. The average molecular weight is 392 g/mol. The first-order valence-corrected chi connectivity index (χ1v) is 9.80. The van der Waals surface area contributed by atoms with Crippen LogP contribution in [0.5, 0.6) is 0 Å². The van der Waals surface area contributed by atoms with E-state index >= 15 is 0 Å². The molecule has 2 saturated heterocycles. The van der Waals surface area contributed by atoms with Crippen molar-refractivity contribution in [1.82, 2.24) is 15.5 Å². The fourth-order valence-electron chi connectivity index (χ4n) is 3.99. The van der Waals surface area contributed by atoms with E-state index in [0.717, 1.165) is 11.1 Å². The van der Waals surface area contributed by atoms with Gasteiger partial charge in [-0.25, -0.2) is 4.79 Å². The summed E-state index contributed by atoms with van der Waals surface area (Å²) in [7, 11) is 0. The van der Waals surface area contributed by atoms with Crippen molar-refractivity contribution >= 4 is 23.5 Å². The lowest BCUT2D eigenvalue weighted by Gasteiger charge is -2.36. The van der Waals surface area contributed by atoms with E-state index < -0.39 is 18.1 Å². The summed E-state index contributed by atoms with van der Waals surface area (Å²) in [5, 5.41) is 8.47. The van der Waals surface area contributed by atoms with Gasteiger partial charge in [-0.2, -0.15) is 0 Å². The molecular weight excluding hydrogens is 368 g/mol. The number of benzene rings is 2. The second-order valence-corrected chi connectivity index (χ2v) is 7.59. The molecule has 2 heterocycles. The number of piperazine rings is 1. The Morgan fingerprint density at radius 1 is 1.10 bits per heavy atom. The zero-order valence-corrected chi connectivity index (χ0v) is 16.2. The molecule has 3 unspecified atom stereocenters.